The van der Waals surface area contributed by atoms with Crippen LogP contribution >= 0.6 is 23.2 Å². The van der Waals surface area contributed by atoms with Crippen molar-refractivity contribution in [1.82, 2.24) is 10.2 Å². The molecule has 1 spiro atoms. The molecule has 3 rings (SSSR count). The number of rotatable bonds is 4. The summed E-state index contributed by atoms with van der Waals surface area (Å²) in [6, 6.07) is 5.37. The van der Waals surface area contributed by atoms with Crippen LogP contribution in [0.3, 0.4) is 0 Å². The zero-order valence-corrected chi connectivity index (χ0v) is 16.7. The molecule has 1 saturated carbocycles. The Morgan fingerprint density at radius 1 is 1.24 bits per heavy atom. The van der Waals surface area contributed by atoms with E-state index in [2.05, 4.69) is 24.1 Å². The summed E-state index contributed by atoms with van der Waals surface area (Å²) in [5, 5.41) is 4.21. The van der Waals surface area contributed by atoms with Crippen LogP contribution in [-0.4, -0.2) is 36.5 Å². The van der Waals surface area contributed by atoms with Gasteiger partial charge < -0.3 is 10.2 Å². The Labute approximate surface area is 161 Å². The predicted octanol–water partition coefficient (Wildman–Crippen LogP) is 5.01. The monoisotopic (exact) mass is 382 g/mol. The summed E-state index contributed by atoms with van der Waals surface area (Å²) in [7, 11) is 0. The standard InChI is InChI=1S/C20H28Cl2N2O/c1-14(2)13-24-10-8-20(9-11-24)7-3-4-18(20)23-19(25)15-5-6-16(21)17(22)12-15/h5-6,12,14,18H,3-4,7-11,13H2,1-2H3,(H,23,25). The van der Waals surface area contributed by atoms with Crippen LogP contribution in [0.4, 0.5) is 0 Å². The molecule has 1 aromatic carbocycles. The van der Waals surface area contributed by atoms with E-state index in [4.69, 9.17) is 23.2 Å². The second-order valence-electron chi connectivity index (χ2n) is 8.10. The van der Waals surface area contributed by atoms with Crippen LogP contribution in [-0.2, 0) is 0 Å². The Balaban J connectivity index is 1.64. The van der Waals surface area contributed by atoms with Crippen molar-refractivity contribution in [3.05, 3.63) is 33.8 Å². The number of likely N-dealkylation sites (tertiary alicyclic amines) is 1. The minimum absolute atomic E-state index is 0.0329. The lowest BCUT2D eigenvalue weighted by Crippen LogP contribution is -2.50. The van der Waals surface area contributed by atoms with Crippen molar-refractivity contribution in [2.45, 2.75) is 52.0 Å². The molecule has 1 heterocycles. The van der Waals surface area contributed by atoms with Gasteiger partial charge in [0.05, 0.1) is 10.0 Å². The van der Waals surface area contributed by atoms with E-state index in [1.807, 2.05) is 0 Å². The van der Waals surface area contributed by atoms with Crippen molar-refractivity contribution in [3.63, 3.8) is 0 Å². The van der Waals surface area contributed by atoms with Crippen LogP contribution in [0.2, 0.25) is 10.0 Å². The van der Waals surface area contributed by atoms with Gasteiger partial charge in [-0.25, -0.2) is 0 Å². The fourth-order valence-corrected chi connectivity index (χ4v) is 4.84. The first-order valence-corrected chi connectivity index (χ1v) is 10.1. The Bertz CT molecular complexity index is 624. The summed E-state index contributed by atoms with van der Waals surface area (Å²) < 4.78 is 0. The van der Waals surface area contributed by atoms with Crippen molar-refractivity contribution in [3.8, 4) is 0 Å². The Hall–Kier alpha value is -0.770. The number of hydrogen-bond donors (Lipinski definition) is 1. The lowest BCUT2D eigenvalue weighted by molar-refractivity contribution is 0.0672. The van der Waals surface area contributed by atoms with Gasteiger partial charge in [-0.15, -0.1) is 0 Å². The number of halogens is 2. The highest BCUT2D eigenvalue weighted by molar-refractivity contribution is 6.42. The van der Waals surface area contributed by atoms with E-state index in [-0.39, 0.29) is 17.4 Å². The number of nitrogens with zero attached hydrogens (tertiary/aromatic N) is 1. The van der Waals surface area contributed by atoms with Gasteiger partial charge in [-0.05, 0) is 68.3 Å². The highest BCUT2D eigenvalue weighted by atomic mass is 35.5. The molecular formula is C20H28Cl2N2O. The zero-order valence-electron chi connectivity index (χ0n) is 15.2. The molecule has 3 nitrogen and oxygen atoms in total. The molecule has 2 aliphatic rings. The summed E-state index contributed by atoms with van der Waals surface area (Å²) >= 11 is 12.0. The van der Waals surface area contributed by atoms with E-state index < -0.39 is 0 Å². The second-order valence-corrected chi connectivity index (χ2v) is 8.92. The Morgan fingerprint density at radius 3 is 2.60 bits per heavy atom. The number of piperidine rings is 1. The zero-order chi connectivity index (χ0) is 18.0. The third-order valence-electron chi connectivity index (χ3n) is 5.87. The van der Waals surface area contributed by atoms with Gasteiger partial charge in [-0.3, -0.25) is 4.79 Å². The fraction of sp³-hybridized carbons (Fsp3) is 0.650. The quantitative estimate of drug-likeness (QED) is 0.792. The molecule has 25 heavy (non-hydrogen) atoms. The average Bonchev–Trinajstić information content (AvgIpc) is 2.94. The average molecular weight is 383 g/mol. The van der Waals surface area contributed by atoms with Gasteiger partial charge >= 0.3 is 0 Å². The van der Waals surface area contributed by atoms with Crippen LogP contribution in [0.15, 0.2) is 18.2 Å². The van der Waals surface area contributed by atoms with Crippen LogP contribution in [0, 0.1) is 11.3 Å². The molecule has 1 N–H and O–H groups in total. The van der Waals surface area contributed by atoms with Crippen molar-refractivity contribution < 1.29 is 4.79 Å². The van der Waals surface area contributed by atoms with Gasteiger partial charge in [0.2, 0.25) is 0 Å². The van der Waals surface area contributed by atoms with Gasteiger partial charge in [0.25, 0.3) is 5.91 Å². The number of hydrogen-bond acceptors (Lipinski definition) is 2. The summed E-state index contributed by atoms with van der Waals surface area (Å²) in [6.07, 6.45) is 5.89. The third-order valence-corrected chi connectivity index (χ3v) is 6.61. The maximum Gasteiger partial charge on any atom is 0.251 e. The number of benzene rings is 1. The normalized spacial score (nSPS) is 23.3. The highest BCUT2D eigenvalue weighted by Gasteiger charge is 2.45. The molecule has 5 heteroatoms. The molecule has 0 bridgehead atoms. The first-order valence-electron chi connectivity index (χ1n) is 9.38. The summed E-state index contributed by atoms with van der Waals surface area (Å²) in [5.74, 6) is 0.678. The number of amides is 1. The summed E-state index contributed by atoms with van der Waals surface area (Å²) in [6.45, 7) is 8.03. The van der Waals surface area contributed by atoms with E-state index in [1.54, 1.807) is 18.2 Å². The largest absolute Gasteiger partial charge is 0.349 e. The van der Waals surface area contributed by atoms with E-state index in [1.165, 1.54) is 32.2 Å². The third kappa shape index (κ3) is 4.32. The van der Waals surface area contributed by atoms with E-state index >= 15 is 0 Å². The molecule has 0 aromatic heterocycles. The van der Waals surface area contributed by atoms with Crippen LogP contribution in [0.5, 0.6) is 0 Å². The number of carbonyl (C=O) groups excluding carboxylic acids is 1. The lowest BCUT2D eigenvalue weighted by Gasteiger charge is -2.43. The molecule has 1 atom stereocenters. The lowest BCUT2D eigenvalue weighted by atomic mass is 9.74. The molecule has 2 fully saturated rings. The maximum atomic E-state index is 12.7. The van der Waals surface area contributed by atoms with Crippen molar-refractivity contribution in [2.24, 2.45) is 11.3 Å². The summed E-state index contributed by atoms with van der Waals surface area (Å²) in [5.41, 5.74) is 0.869. The van der Waals surface area contributed by atoms with Gasteiger partial charge in [-0.2, -0.15) is 0 Å². The van der Waals surface area contributed by atoms with Crippen LogP contribution in [0.1, 0.15) is 56.3 Å². The van der Waals surface area contributed by atoms with E-state index in [9.17, 15) is 4.79 Å². The molecule has 0 radical (unpaired) electrons. The molecule has 138 valence electrons. The Morgan fingerprint density at radius 2 is 1.96 bits per heavy atom. The smallest absolute Gasteiger partial charge is 0.251 e. The van der Waals surface area contributed by atoms with Crippen LogP contribution in [0.25, 0.3) is 0 Å². The first-order chi connectivity index (χ1) is 11.9. The van der Waals surface area contributed by atoms with Gasteiger partial charge in [0.1, 0.15) is 0 Å². The SMILES string of the molecule is CC(C)CN1CCC2(CCCC2NC(=O)c2ccc(Cl)c(Cl)c2)CC1. The van der Waals surface area contributed by atoms with Gasteiger partial charge in [0, 0.05) is 18.2 Å². The first kappa shape index (κ1) is 19.0. The fourth-order valence-electron chi connectivity index (χ4n) is 4.54. The number of carbonyl (C=O) groups is 1. The van der Waals surface area contributed by atoms with Crippen LogP contribution < -0.4 is 5.32 Å². The molecule has 1 amide bonds. The number of nitrogens with one attached hydrogen (secondary N) is 1. The molecule has 1 aliphatic carbocycles. The molecule has 1 aliphatic heterocycles. The maximum absolute atomic E-state index is 12.7. The predicted molar refractivity (Wildman–Crippen MR) is 105 cm³/mol. The molecule has 1 aromatic rings. The van der Waals surface area contributed by atoms with Crippen molar-refractivity contribution >= 4 is 29.1 Å². The van der Waals surface area contributed by atoms with E-state index in [0.29, 0.717) is 21.5 Å². The van der Waals surface area contributed by atoms with Gasteiger partial charge in [-0.1, -0.05) is 43.5 Å². The summed E-state index contributed by atoms with van der Waals surface area (Å²) in [4.78, 5) is 15.3. The second kappa shape index (κ2) is 7.85. The molecular weight excluding hydrogens is 355 g/mol. The minimum Gasteiger partial charge on any atom is -0.349 e. The Kier molecular flexibility index (Phi) is 5.97. The van der Waals surface area contributed by atoms with E-state index in [0.717, 1.165) is 19.5 Å². The topological polar surface area (TPSA) is 32.3 Å². The van der Waals surface area contributed by atoms with Crippen molar-refractivity contribution in [2.75, 3.05) is 19.6 Å². The highest BCUT2D eigenvalue weighted by Crippen LogP contribution is 2.46. The minimum atomic E-state index is -0.0329. The molecule has 1 unspecified atom stereocenters. The van der Waals surface area contributed by atoms with Gasteiger partial charge in [0.15, 0.2) is 0 Å². The molecule has 1 saturated heterocycles. The van der Waals surface area contributed by atoms with Crippen molar-refractivity contribution in [1.29, 1.82) is 0 Å².